The Morgan fingerprint density at radius 2 is 1.97 bits per heavy atom. The first-order valence-corrected chi connectivity index (χ1v) is 11.8. The summed E-state index contributed by atoms with van der Waals surface area (Å²) in [5.41, 5.74) is 1.24. The van der Waals surface area contributed by atoms with Crippen molar-refractivity contribution in [2.24, 2.45) is 5.10 Å². The summed E-state index contributed by atoms with van der Waals surface area (Å²) in [4.78, 5) is 18.4. The molecule has 2 aromatic carbocycles. The molecule has 2 heterocycles. The molecule has 1 aliphatic carbocycles. The third-order valence-electron chi connectivity index (χ3n) is 5.92. The molecular formula is C24H24BrN3O4. The Morgan fingerprint density at radius 1 is 1.19 bits per heavy atom. The zero-order chi connectivity index (χ0) is 22.1. The van der Waals surface area contributed by atoms with Gasteiger partial charge in [0, 0.05) is 22.0 Å². The molecule has 32 heavy (non-hydrogen) atoms. The molecule has 0 spiro atoms. The molecule has 0 bridgehead atoms. The quantitative estimate of drug-likeness (QED) is 0.452. The molecule has 8 heteroatoms. The molecule has 0 saturated heterocycles. The summed E-state index contributed by atoms with van der Waals surface area (Å²) in [6, 6.07) is 9.22. The summed E-state index contributed by atoms with van der Waals surface area (Å²) in [6.45, 7) is 2.60. The smallest absolute Gasteiger partial charge is 0.282 e. The maximum Gasteiger partial charge on any atom is 0.282 e. The van der Waals surface area contributed by atoms with E-state index in [0.717, 1.165) is 36.0 Å². The van der Waals surface area contributed by atoms with Crippen LogP contribution in [0.4, 0.5) is 0 Å². The minimum Gasteiger partial charge on any atom is -0.493 e. The lowest BCUT2D eigenvalue weighted by molar-refractivity contribution is 0.174. The van der Waals surface area contributed by atoms with E-state index in [2.05, 4.69) is 21.0 Å². The van der Waals surface area contributed by atoms with Crippen LogP contribution in [0.2, 0.25) is 0 Å². The van der Waals surface area contributed by atoms with E-state index in [9.17, 15) is 4.79 Å². The average Bonchev–Trinajstić information content (AvgIpc) is 3.27. The maximum absolute atomic E-state index is 13.5. The van der Waals surface area contributed by atoms with Crippen LogP contribution < -0.4 is 19.8 Å². The number of nitrogens with zero attached hydrogens (tertiary/aromatic N) is 3. The molecule has 1 aromatic heterocycles. The van der Waals surface area contributed by atoms with Crippen LogP contribution in [0.5, 0.6) is 17.2 Å². The van der Waals surface area contributed by atoms with Gasteiger partial charge >= 0.3 is 0 Å². The first-order valence-electron chi connectivity index (χ1n) is 11.0. The molecule has 1 aliphatic heterocycles. The highest BCUT2D eigenvalue weighted by Gasteiger charge is 2.23. The number of halogens is 1. The van der Waals surface area contributed by atoms with Gasteiger partial charge in [0.15, 0.2) is 11.5 Å². The highest BCUT2D eigenvalue weighted by Crippen LogP contribution is 2.38. The largest absolute Gasteiger partial charge is 0.493 e. The molecule has 0 N–H and O–H groups in total. The van der Waals surface area contributed by atoms with Crippen molar-refractivity contribution in [1.82, 2.24) is 9.66 Å². The molecule has 1 saturated carbocycles. The summed E-state index contributed by atoms with van der Waals surface area (Å²) >= 11 is 3.46. The standard InChI is InChI=1S/C24H24BrN3O4/c1-2-30-20-12-22-21(31-14-32-22)10-16(20)13-26-28-23(15-6-4-3-5-7-15)27-19-9-8-17(25)11-18(19)24(28)29/h8-13,15H,2-7,14H2,1H3. The Bertz CT molecular complexity index is 1250. The summed E-state index contributed by atoms with van der Waals surface area (Å²) in [7, 11) is 0. The van der Waals surface area contributed by atoms with Gasteiger partial charge < -0.3 is 14.2 Å². The topological polar surface area (TPSA) is 74.9 Å². The molecule has 7 nitrogen and oxygen atoms in total. The van der Waals surface area contributed by atoms with Crippen LogP contribution in [-0.4, -0.2) is 29.3 Å². The Kier molecular flexibility index (Phi) is 5.87. The van der Waals surface area contributed by atoms with Crippen LogP contribution in [0.15, 0.2) is 44.7 Å². The van der Waals surface area contributed by atoms with Crippen molar-refractivity contribution in [3.05, 3.63) is 56.5 Å². The molecular weight excluding hydrogens is 474 g/mol. The number of benzene rings is 2. The van der Waals surface area contributed by atoms with Crippen molar-refractivity contribution < 1.29 is 14.2 Å². The number of hydrogen-bond donors (Lipinski definition) is 0. The van der Waals surface area contributed by atoms with E-state index in [1.807, 2.05) is 25.1 Å². The zero-order valence-electron chi connectivity index (χ0n) is 17.8. The van der Waals surface area contributed by atoms with Crippen molar-refractivity contribution in [2.45, 2.75) is 44.9 Å². The predicted octanol–water partition coefficient (Wildman–Crippen LogP) is 5.22. The van der Waals surface area contributed by atoms with E-state index in [1.54, 1.807) is 18.3 Å². The summed E-state index contributed by atoms with van der Waals surface area (Å²) in [6.07, 6.45) is 7.17. The van der Waals surface area contributed by atoms with E-state index in [-0.39, 0.29) is 18.3 Å². The van der Waals surface area contributed by atoms with Crippen molar-refractivity contribution in [1.29, 1.82) is 0 Å². The van der Waals surface area contributed by atoms with Crippen LogP contribution in [0.3, 0.4) is 0 Å². The van der Waals surface area contributed by atoms with Crippen molar-refractivity contribution in [3.63, 3.8) is 0 Å². The van der Waals surface area contributed by atoms with Crippen LogP contribution in [0.1, 0.15) is 56.3 Å². The summed E-state index contributed by atoms with van der Waals surface area (Å²) in [5, 5.41) is 5.16. The van der Waals surface area contributed by atoms with Crippen LogP contribution in [-0.2, 0) is 0 Å². The van der Waals surface area contributed by atoms with Crippen molar-refractivity contribution in [2.75, 3.05) is 13.4 Å². The second kappa shape index (κ2) is 8.94. The number of hydrogen-bond acceptors (Lipinski definition) is 6. The van der Waals surface area contributed by atoms with E-state index < -0.39 is 0 Å². The van der Waals surface area contributed by atoms with Crippen molar-refractivity contribution in [3.8, 4) is 17.2 Å². The van der Waals surface area contributed by atoms with E-state index in [4.69, 9.17) is 19.2 Å². The molecule has 0 amide bonds. The lowest BCUT2D eigenvalue weighted by Crippen LogP contribution is -2.25. The van der Waals surface area contributed by atoms with Crippen LogP contribution >= 0.6 is 15.9 Å². The minimum atomic E-state index is -0.174. The SMILES string of the molecule is CCOc1cc2c(cc1C=Nn1c(C3CCCCC3)nc3ccc(Br)cc3c1=O)OCO2. The average molecular weight is 498 g/mol. The van der Waals surface area contributed by atoms with Gasteiger partial charge in [-0.2, -0.15) is 9.78 Å². The second-order valence-electron chi connectivity index (χ2n) is 8.00. The fraction of sp³-hybridized carbons (Fsp3) is 0.375. The van der Waals surface area contributed by atoms with Crippen molar-refractivity contribution >= 4 is 33.0 Å². The van der Waals surface area contributed by atoms with Gasteiger partial charge in [0.25, 0.3) is 5.56 Å². The lowest BCUT2D eigenvalue weighted by atomic mass is 9.88. The predicted molar refractivity (Wildman–Crippen MR) is 126 cm³/mol. The number of ether oxygens (including phenoxy) is 3. The number of aromatic nitrogens is 2. The van der Waals surface area contributed by atoms with Gasteiger partial charge in [-0.15, -0.1) is 0 Å². The molecule has 0 unspecified atom stereocenters. The number of rotatable bonds is 5. The van der Waals surface area contributed by atoms with Gasteiger partial charge in [0.2, 0.25) is 6.79 Å². The van der Waals surface area contributed by atoms with E-state index >= 15 is 0 Å². The summed E-state index contributed by atoms with van der Waals surface area (Å²) < 4.78 is 19.0. The normalized spacial score (nSPS) is 16.2. The zero-order valence-corrected chi connectivity index (χ0v) is 19.4. The third kappa shape index (κ3) is 3.99. The fourth-order valence-corrected chi connectivity index (χ4v) is 4.70. The first-order chi connectivity index (χ1) is 15.6. The minimum absolute atomic E-state index is 0.174. The van der Waals surface area contributed by atoms with E-state index in [0.29, 0.717) is 40.3 Å². The molecule has 1 fully saturated rings. The maximum atomic E-state index is 13.5. The molecule has 166 valence electrons. The van der Waals surface area contributed by atoms with Gasteiger partial charge in [-0.1, -0.05) is 35.2 Å². The Morgan fingerprint density at radius 3 is 2.75 bits per heavy atom. The Labute approximate surface area is 194 Å². The van der Waals surface area contributed by atoms with Gasteiger partial charge in [-0.3, -0.25) is 4.79 Å². The fourth-order valence-electron chi connectivity index (χ4n) is 4.34. The van der Waals surface area contributed by atoms with Gasteiger partial charge in [-0.05, 0) is 44.0 Å². The molecule has 3 aromatic rings. The van der Waals surface area contributed by atoms with Gasteiger partial charge in [0.05, 0.1) is 23.7 Å². The number of fused-ring (bicyclic) bond motifs is 2. The van der Waals surface area contributed by atoms with Gasteiger partial charge in [0.1, 0.15) is 11.6 Å². The lowest BCUT2D eigenvalue weighted by Gasteiger charge is -2.22. The molecule has 2 aliphatic rings. The second-order valence-corrected chi connectivity index (χ2v) is 8.92. The first kappa shape index (κ1) is 21.0. The summed E-state index contributed by atoms with van der Waals surface area (Å²) in [5.74, 6) is 2.84. The Balaban J connectivity index is 1.64. The highest BCUT2D eigenvalue weighted by molar-refractivity contribution is 9.10. The van der Waals surface area contributed by atoms with Crippen LogP contribution in [0.25, 0.3) is 10.9 Å². The van der Waals surface area contributed by atoms with Gasteiger partial charge in [-0.25, -0.2) is 4.98 Å². The van der Waals surface area contributed by atoms with Crippen LogP contribution in [0, 0.1) is 0 Å². The molecule has 5 rings (SSSR count). The van der Waals surface area contributed by atoms with E-state index in [1.165, 1.54) is 11.1 Å². The third-order valence-corrected chi connectivity index (χ3v) is 6.41. The molecule has 0 atom stereocenters. The highest BCUT2D eigenvalue weighted by atomic mass is 79.9. The monoisotopic (exact) mass is 497 g/mol. The Hall–Kier alpha value is -2.87. The molecule has 0 radical (unpaired) electrons.